The lowest BCUT2D eigenvalue weighted by molar-refractivity contribution is 0.667. The second-order valence-corrected chi connectivity index (χ2v) is 10.2. The monoisotopic (exact) mass is 558 g/mol. The first-order valence-corrected chi connectivity index (χ1v) is 10.9. The molecule has 0 fully saturated rings. The Balaban J connectivity index is 0.000000235. The van der Waals surface area contributed by atoms with E-state index in [1.807, 2.05) is 24.3 Å². The van der Waals surface area contributed by atoms with E-state index in [9.17, 15) is 0 Å². The van der Waals surface area contributed by atoms with Gasteiger partial charge in [0.2, 0.25) is 0 Å². The average Bonchev–Trinajstić information content (AvgIpc) is 2.74. The van der Waals surface area contributed by atoms with Crippen molar-refractivity contribution in [2.45, 2.75) is 39.0 Å². The van der Waals surface area contributed by atoms with Crippen LogP contribution >= 0.6 is 75.1 Å². The van der Waals surface area contributed by atoms with Gasteiger partial charge in [0.1, 0.15) is 0 Å². The minimum Gasteiger partial charge on any atom is -0.121 e. The maximum atomic E-state index is 3.57. The van der Waals surface area contributed by atoms with Gasteiger partial charge in [-0.05, 0) is 74.5 Å². The lowest BCUT2D eigenvalue weighted by Crippen LogP contribution is -1.83. The van der Waals surface area contributed by atoms with Crippen molar-refractivity contribution in [2.24, 2.45) is 0 Å². The molecule has 0 amide bonds. The zero-order valence-electron chi connectivity index (χ0n) is 11.8. The van der Waals surface area contributed by atoms with Crippen LogP contribution in [0.2, 0.25) is 0 Å². The normalized spacial score (nSPS) is 10.1. The van der Waals surface area contributed by atoms with E-state index in [2.05, 4.69) is 76.7 Å². The third-order valence-electron chi connectivity index (χ3n) is 2.81. The van der Waals surface area contributed by atoms with Crippen LogP contribution in [0.15, 0.2) is 46.9 Å². The minimum atomic E-state index is 1.10. The maximum absolute atomic E-state index is 3.57. The Morgan fingerprint density at radius 3 is 2.00 bits per heavy atom. The molecule has 21 heavy (non-hydrogen) atoms. The van der Waals surface area contributed by atoms with Crippen molar-refractivity contribution in [1.82, 2.24) is 0 Å². The Bertz CT molecular complexity index is 520. The number of unbranched alkanes of at least 4 members (excludes halogenated alkanes) is 3. The van der Waals surface area contributed by atoms with Crippen molar-refractivity contribution in [2.75, 3.05) is 0 Å². The predicted octanol–water partition coefficient (Wildman–Crippen LogP) is 8.61. The zero-order valence-corrected chi connectivity index (χ0v) is 19.0. The molecule has 0 nitrogen and oxygen atoms in total. The molecule has 0 aliphatic carbocycles. The highest BCUT2D eigenvalue weighted by atomic mass is 79.9. The predicted molar refractivity (Wildman–Crippen MR) is 109 cm³/mol. The first kappa shape index (κ1) is 19.9. The summed E-state index contributed by atoms with van der Waals surface area (Å²) in [4.78, 5) is 0. The molecule has 0 aliphatic heterocycles. The van der Waals surface area contributed by atoms with E-state index < -0.39 is 0 Å². The fourth-order valence-electron chi connectivity index (χ4n) is 1.75. The van der Waals surface area contributed by atoms with Gasteiger partial charge in [-0.15, -0.1) is 11.3 Å². The number of rotatable bonds is 5. The molecular weight excluding hydrogens is 544 g/mol. The maximum Gasteiger partial charge on any atom is 0.0742 e. The topological polar surface area (TPSA) is 0 Å². The smallest absolute Gasteiger partial charge is 0.0742 e. The van der Waals surface area contributed by atoms with Gasteiger partial charge in [0, 0.05) is 8.95 Å². The highest BCUT2D eigenvalue weighted by molar-refractivity contribution is 9.12. The van der Waals surface area contributed by atoms with E-state index in [0.29, 0.717) is 0 Å². The Morgan fingerprint density at radius 1 is 0.905 bits per heavy atom. The third-order valence-corrected chi connectivity index (χ3v) is 6.26. The van der Waals surface area contributed by atoms with Crippen LogP contribution in [0.3, 0.4) is 0 Å². The number of aryl methyl sites for hydroxylation is 1. The molecule has 0 spiro atoms. The molecule has 1 heterocycles. The van der Waals surface area contributed by atoms with E-state index >= 15 is 0 Å². The number of hydrogen-bond donors (Lipinski definition) is 0. The Labute approximate surface area is 165 Å². The molecule has 1 aromatic carbocycles. The summed E-state index contributed by atoms with van der Waals surface area (Å²) in [5.41, 5.74) is 1.45. The standard InChI is InChI=1S/C10H14Br2S.C6H4Br2/c1-2-3-4-5-6-8-7-9(11)13-10(8)12;7-5-2-1-3-6(8)4-5/h7H,2-6H2,1H3;1-4H. The highest BCUT2D eigenvalue weighted by Gasteiger charge is 2.03. The van der Waals surface area contributed by atoms with E-state index in [1.54, 1.807) is 11.3 Å². The van der Waals surface area contributed by atoms with Crippen LogP contribution in [0.1, 0.15) is 38.2 Å². The van der Waals surface area contributed by atoms with Gasteiger partial charge in [-0.3, -0.25) is 0 Å². The Kier molecular flexibility index (Phi) is 10.8. The lowest BCUT2D eigenvalue weighted by Gasteiger charge is -1.98. The minimum absolute atomic E-state index is 1.10. The Morgan fingerprint density at radius 2 is 1.57 bits per heavy atom. The molecule has 2 rings (SSSR count). The number of benzene rings is 1. The summed E-state index contributed by atoms with van der Waals surface area (Å²) in [6.07, 6.45) is 6.56. The summed E-state index contributed by atoms with van der Waals surface area (Å²) >= 11 is 15.5. The number of thiophene rings is 1. The van der Waals surface area contributed by atoms with Crippen LogP contribution in [0.25, 0.3) is 0 Å². The quantitative estimate of drug-likeness (QED) is 0.321. The lowest BCUT2D eigenvalue weighted by atomic mass is 10.1. The molecule has 0 atom stereocenters. The molecule has 0 saturated carbocycles. The average molecular weight is 562 g/mol. The summed E-state index contributed by atoms with van der Waals surface area (Å²) in [7, 11) is 0. The summed E-state index contributed by atoms with van der Waals surface area (Å²) < 4.78 is 4.72. The highest BCUT2D eigenvalue weighted by Crippen LogP contribution is 2.32. The molecule has 1 aromatic heterocycles. The van der Waals surface area contributed by atoms with Crippen LogP contribution < -0.4 is 0 Å². The first-order chi connectivity index (χ1) is 10.0. The van der Waals surface area contributed by atoms with Crippen molar-refractivity contribution in [1.29, 1.82) is 0 Å². The molecule has 5 heteroatoms. The molecular formula is C16H18Br4S. The van der Waals surface area contributed by atoms with Crippen LogP contribution in [0.4, 0.5) is 0 Å². The molecule has 0 radical (unpaired) electrons. The molecule has 116 valence electrons. The van der Waals surface area contributed by atoms with Crippen molar-refractivity contribution in [3.63, 3.8) is 0 Å². The van der Waals surface area contributed by atoms with Gasteiger partial charge in [0.25, 0.3) is 0 Å². The molecule has 0 aliphatic rings. The van der Waals surface area contributed by atoms with Gasteiger partial charge in [-0.2, -0.15) is 0 Å². The summed E-state index contributed by atoms with van der Waals surface area (Å²) in [5.74, 6) is 0. The van der Waals surface area contributed by atoms with Crippen molar-refractivity contribution in [3.05, 3.63) is 52.4 Å². The second-order valence-electron chi connectivity index (χ2n) is 4.60. The van der Waals surface area contributed by atoms with Gasteiger partial charge < -0.3 is 0 Å². The Hall–Kier alpha value is 0.840. The molecule has 0 bridgehead atoms. The van der Waals surface area contributed by atoms with Crippen LogP contribution in [-0.4, -0.2) is 0 Å². The first-order valence-electron chi connectivity index (χ1n) is 6.87. The van der Waals surface area contributed by atoms with Crippen molar-refractivity contribution < 1.29 is 0 Å². The van der Waals surface area contributed by atoms with Crippen LogP contribution in [-0.2, 0) is 6.42 Å². The molecule has 0 unspecified atom stereocenters. The van der Waals surface area contributed by atoms with Gasteiger partial charge in [0.05, 0.1) is 7.57 Å². The van der Waals surface area contributed by atoms with E-state index in [4.69, 9.17) is 0 Å². The fraction of sp³-hybridized carbons (Fsp3) is 0.375. The number of halogens is 4. The summed E-state index contributed by atoms with van der Waals surface area (Å²) in [6.45, 7) is 2.25. The third kappa shape index (κ3) is 8.89. The SMILES string of the molecule is Brc1cccc(Br)c1.CCCCCCc1cc(Br)sc1Br. The molecule has 2 aromatic rings. The van der Waals surface area contributed by atoms with Gasteiger partial charge in [-0.25, -0.2) is 0 Å². The van der Waals surface area contributed by atoms with Crippen molar-refractivity contribution in [3.8, 4) is 0 Å². The summed E-state index contributed by atoms with van der Waals surface area (Å²) in [5, 5.41) is 0. The second kappa shape index (κ2) is 11.4. The zero-order chi connectivity index (χ0) is 15.7. The van der Waals surface area contributed by atoms with Crippen molar-refractivity contribution >= 4 is 75.1 Å². The van der Waals surface area contributed by atoms with Gasteiger partial charge >= 0.3 is 0 Å². The molecule has 0 saturated heterocycles. The van der Waals surface area contributed by atoms with Gasteiger partial charge in [-0.1, -0.05) is 64.1 Å². The van der Waals surface area contributed by atoms with Gasteiger partial charge in [0.15, 0.2) is 0 Å². The van der Waals surface area contributed by atoms with E-state index in [-0.39, 0.29) is 0 Å². The van der Waals surface area contributed by atoms with E-state index in [1.165, 1.54) is 45.2 Å². The number of hydrogen-bond acceptors (Lipinski definition) is 1. The largest absolute Gasteiger partial charge is 0.121 e. The van der Waals surface area contributed by atoms with Crippen LogP contribution in [0, 0.1) is 0 Å². The summed E-state index contributed by atoms with van der Waals surface area (Å²) in [6, 6.07) is 10.2. The fourth-order valence-corrected chi connectivity index (χ4v) is 5.77. The van der Waals surface area contributed by atoms with Crippen LogP contribution in [0.5, 0.6) is 0 Å². The van der Waals surface area contributed by atoms with E-state index in [0.717, 1.165) is 8.95 Å². The molecule has 0 N–H and O–H groups in total.